The van der Waals surface area contributed by atoms with Crippen LogP contribution in [0, 0.1) is 0 Å². The standard InChI is InChI=1S/C17H16F3N5O2S/c1-24-12(9-11(23-24)13-3-2-8-28-13)15(26)25-6-4-10(5-7-25)14-21-22-16(27-14)17(18,19)20/h2-3,8-10H,4-7H2,1H3. The zero-order chi connectivity index (χ0) is 19.9. The number of aryl methyl sites for hydroxylation is 1. The van der Waals surface area contributed by atoms with Crippen molar-refractivity contribution < 1.29 is 22.4 Å². The van der Waals surface area contributed by atoms with Gasteiger partial charge in [0.2, 0.25) is 5.89 Å². The van der Waals surface area contributed by atoms with Gasteiger partial charge in [-0.15, -0.1) is 21.5 Å². The van der Waals surface area contributed by atoms with E-state index in [9.17, 15) is 18.0 Å². The molecule has 0 unspecified atom stereocenters. The molecule has 0 atom stereocenters. The highest BCUT2D eigenvalue weighted by molar-refractivity contribution is 7.13. The zero-order valence-electron chi connectivity index (χ0n) is 14.8. The number of alkyl halides is 3. The van der Waals surface area contributed by atoms with Crippen molar-refractivity contribution in [1.82, 2.24) is 24.9 Å². The van der Waals surface area contributed by atoms with Crippen molar-refractivity contribution in [2.45, 2.75) is 24.9 Å². The molecule has 1 aliphatic heterocycles. The van der Waals surface area contributed by atoms with Gasteiger partial charge >= 0.3 is 12.1 Å². The normalized spacial score (nSPS) is 15.9. The Bertz CT molecular complexity index is 971. The van der Waals surface area contributed by atoms with Crippen molar-refractivity contribution in [3.8, 4) is 10.6 Å². The Hall–Kier alpha value is -2.69. The number of likely N-dealkylation sites (tertiary alicyclic amines) is 1. The molecule has 7 nitrogen and oxygen atoms in total. The summed E-state index contributed by atoms with van der Waals surface area (Å²) >= 11 is 1.54. The van der Waals surface area contributed by atoms with Crippen molar-refractivity contribution in [1.29, 1.82) is 0 Å². The molecule has 0 aliphatic carbocycles. The van der Waals surface area contributed by atoms with Crippen LogP contribution in [0.5, 0.6) is 0 Å². The topological polar surface area (TPSA) is 77.1 Å². The van der Waals surface area contributed by atoms with Crippen molar-refractivity contribution in [3.05, 3.63) is 41.1 Å². The van der Waals surface area contributed by atoms with E-state index in [-0.39, 0.29) is 17.7 Å². The van der Waals surface area contributed by atoms with Gasteiger partial charge in [-0.3, -0.25) is 9.48 Å². The SMILES string of the molecule is Cn1nc(-c2cccs2)cc1C(=O)N1CCC(c2nnc(C(F)(F)F)o2)CC1. The largest absolute Gasteiger partial charge is 0.470 e. The number of amides is 1. The summed E-state index contributed by atoms with van der Waals surface area (Å²) in [4.78, 5) is 15.5. The summed E-state index contributed by atoms with van der Waals surface area (Å²) in [6.07, 6.45) is -3.73. The number of rotatable bonds is 3. The van der Waals surface area contributed by atoms with Crippen LogP contribution in [0.25, 0.3) is 10.6 Å². The average Bonchev–Trinajstić information content (AvgIpc) is 3.41. The number of nitrogens with zero attached hydrogens (tertiary/aromatic N) is 5. The lowest BCUT2D eigenvalue weighted by Crippen LogP contribution is -2.38. The van der Waals surface area contributed by atoms with Crippen LogP contribution in [0.3, 0.4) is 0 Å². The van der Waals surface area contributed by atoms with E-state index in [2.05, 4.69) is 15.3 Å². The van der Waals surface area contributed by atoms with Crippen LogP contribution in [0.2, 0.25) is 0 Å². The van der Waals surface area contributed by atoms with Crippen LogP contribution in [0.4, 0.5) is 13.2 Å². The predicted molar refractivity (Wildman–Crippen MR) is 93.7 cm³/mol. The van der Waals surface area contributed by atoms with Gasteiger partial charge in [-0.2, -0.15) is 18.3 Å². The number of piperidine rings is 1. The minimum Gasteiger partial charge on any atom is -0.417 e. The van der Waals surface area contributed by atoms with Crippen LogP contribution in [-0.2, 0) is 13.2 Å². The molecular weight excluding hydrogens is 395 g/mol. The molecule has 4 heterocycles. The third kappa shape index (κ3) is 3.53. The Morgan fingerprint density at radius 2 is 2.04 bits per heavy atom. The first-order chi connectivity index (χ1) is 13.3. The van der Waals surface area contributed by atoms with Gasteiger partial charge in [0.1, 0.15) is 11.4 Å². The van der Waals surface area contributed by atoms with Crippen LogP contribution >= 0.6 is 11.3 Å². The third-order valence-electron chi connectivity index (χ3n) is 4.69. The lowest BCUT2D eigenvalue weighted by Gasteiger charge is -2.30. The first-order valence-corrected chi connectivity index (χ1v) is 9.48. The van der Waals surface area contributed by atoms with Gasteiger partial charge in [-0.05, 0) is 30.4 Å². The fourth-order valence-electron chi connectivity index (χ4n) is 3.22. The maximum Gasteiger partial charge on any atom is 0.470 e. The molecule has 1 saturated heterocycles. The molecule has 0 aromatic carbocycles. The maximum absolute atomic E-state index is 12.9. The molecule has 11 heteroatoms. The molecule has 0 saturated carbocycles. The Morgan fingerprint density at radius 3 is 2.64 bits per heavy atom. The highest BCUT2D eigenvalue weighted by atomic mass is 32.1. The first kappa shape index (κ1) is 18.7. The molecule has 1 fully saturated rings. The van der Waals surface area contributed by atoms with E-state index in [0.717, 1.165) is 10.6 Å². The second-order valence-electron chi connectivity index (χ2n) is 6.53. The Labute approximate surface area is 161 Å². The van der Waals surface area contributed by atoms with Gasteiger partial charge in [-0.25, -0.2) is 0 Å². The Balaban J connectivity index is 1.43. The number of carbonyl (C=O) groups excluding carboxylic acids is 1. The van der Waals surface area contributed by atoms with E-state index >= 15 is 0 Å². The van der Waals surface area contributed by atoms with Crippen molar-refractivity contribution in [3.63, 3.8) is 0 Å². The Kier molecular flexibility index (Phi) is 4.69. The molecule has 1 amide bonds. The molecule has 0 N–H and O–H groups in total. The summed E-state index contributed by atoms with van der Waals surface area (Å²) in [6.45, 7) is 0.791. The van der Waals surface area contributed by atoms with E-state index in [4.69, 9.17) is 4.42 Å². The van der Waals surface area contributed by atoms with Crippen LogP contribution in [0.1, 0.15) is 41.0 Å². The van der Waals surface area contributed by atoms with Gasteiger partial charge < -0.3 is 9.32 Å². The average molecular weight is 411 g/mol. The fraction of sp³-hybridized carbons (Fsp3) is 0.412. The maximum atomic E-state index is 12.9. The van der Waals surface area contributed by atoms with Gasteiger partial charge in [0.05, 0.1) is 4.88 Å². The molecule has 4 rings (SSSR count). The number of aromatic nitrogens is 4. The number of hydrogen-bond acceptors (Lipinski definition) is 6. The Morgan fingerprint density at radius 1 is 1.29 bits per heavy atom. The molecule has 3 aromatic heterocycles. The van der Waals surface area contributed by atoms with Crippen molar-refractivity contribution in [2.24, 2.45) is 7.05 Å². The fourth-order valence-corrected chi connectivity index (χ4v) is 3.90. The van der Waals surface area contributed by atoms with E-state index < -0.39 is 12.1 Å². The van der Waals surface area contributed by atoms with Gasteiger partial charge in [0.25, 0.3) is 5.91 Å². The second kappa shape index (κ2) is 7.04. The molecule has 0 spiro atoms. The highest BCUT2D eigenvalue weighted by Gasteiger charge is 2.39. The lowest BCUT2D eigenvalue weighted by molar-refractivity contribution is -0.157. The molecular formula is C17H16F3N5O2S. The zero-order valence-corrected chi connectivity index (χ0v) is 15.6. The quantitative estimate of drug-likeness (QED) is 0.659. The van der Waals surface area contributed by atoms with Crippen LogP contribution in [0.15, 0.2) is 28.0 Å². The highest BCUT2D eigenvalue weighted by Crippen LogP contribution is 2.33. The third-order valence-corrected chi connectivity index (χ3v) is 5.58. The summed E-state index contributed by atoms with van der Waals surface area (Å²) in [7, 11) is 1.72. The number of halogens is 3. The van der Waals surface area contributed by atoms with Gasteiger partial charge in [-0.1, -0.05) is 6.07 Å². The molecule has 1 aliphatic rings. The lowest BCUT2D eigenvalue weighted by atomic mass is 9.96. The van der Waals surface area contributed by atoms with Crippen molar-refractivity contribution >= 4 is 17.2 Å². The molecule has 148 valence electrons. The number of thiophene rings is 1. The smallest absolute Gasteiger partial charge is 0.417 e. The molecule has 28 heavy (non-hydrogen) atoms. The molecule has 3 aromatic rings. The van der Waals surface area contributed by atoms with Gasteiger partial charge in [0.15, 0.2) is 0 Å². The second-order valence-corrected chi connectivity index (χ2v) is 7.47. The first-order valence-electron chi connectivity index (χ1n) is 8.60. The van der Waals surface area contributed by atoms with Crippen molar-refractivity contribution in [2.75, 3.05) is 13.1 Å². The number of hydrogen-bond donors (Lipinski definition) is 0. The van der Waals surface area contributed by atoms with Gasteiger partial charge in [0, 0.05) is 26.1 Å². The van der Waals surface area contributed by atoms with E-state index in [1.165, 1.54) is 0 Å². The monoisotopic (exact) mass is 411 g/mol. The summed E-state index contributed by atoms with van der Waals surface area (Å²) in [5.41, 5.74) is 1.21. The van der Waals surface area contributed by atoms with Crippen LogP contribution < -0.4 is 0 Å². The summed E-state index contributed by atoms with van der Waals surface area (Å²) in [5, 5.41) is 12.9. The minimum absolute atomic E-state index is 0.0278. The molecule has 0 radical (unpaired) electrons. The summed E-state index contributed by atoms with van der Waals surface area (Å²) < 4.78 is 44.1. The van der Waals surface area contributed by atoms with E-state index in [0.29, 0.717) is 31.6 Å². The van der Waals surface area contributed by atoms with E-state index in [1.807, 2.05) is 17.5 Å². The predicted octanol–water partition coefficient (Wildman–Crippen LogP) is 3.57. The minimum atomic E-state index is -4.65. The van der Waals surface area contributed by atoms with E-state index in [1.54, 1.807) is 34.0 Å². The number of carbonyl (C=O) groups is 1. The van der Waals surface area contributed by atoms with Crippen LogP contribution in [-0.4, -0.2) is 43.9 Å². The summed E-state index contributed by atoms with van der Waals surface area (Å²) in [5.74, 6) is -1.81. The molecule has 0 bridgehead atoms. The summed E-state index contributed by atoms with van der Waals surface area (Å²) in [6, 6.07) is 5.61.